The van der Waals surface area contributed by atoms with Crippen molar-refractivity contribution in [2.45, 2.75) is 32.7 Å². The summed E-state index contributed by atoms with van der Waals surface area (Å²) in [5.41, 5.74) is 3.69. The van der Waals surface area contributed by atoms with E-state index >= 15 is 0 Å². The highest BCUT2D eigenvalue weighted by Gasteiger charge is 2.15. The zero-order chi connectivity index (χ0) is 15.5. The van der Waals surface area contributed by atoms with Gasteiger partial charge in [-0.3, -0.25) is 0 Å². The molecule has 1 N–H and O–H groups in total. The zero-order valence-electron chi connectivity index (χ0n) is 13.0. The molecule has 2 aromatic rings. The summed E-state index contributed by atoms with van der Waals surface area (Å²) < 4.78 is 6.55. The molecule has 0 unspecified atom stereocenters. The second-order valence-electron chi connectivity index (χ2n) is 6.15. The number of rotatable bonds is 4. The van der Waals surface area contributed by atoms with Crippen LogP contribution in [0.25, 0.3) is 0 Å². The van der Waals surface area contributed by atoms with Gasteiger partial charge in [-0.15, -0.1) is 0 Å². The highest BCUT2D eigenvalue weighted by Crippen LogP contribution is 2.31. The van der Waals surface area contributed by atoms with Gasteiger partial charge in [0.05, 0.1) is 12.8 Å². The molecular formula is C18H22BrNO. The Labute approximate surface area is 135 Å². The van der Waals surface area contributed by atoms with Crippen molar-refractivity contribution < 1.29 is 4.74 Å². The van der Waals surface area contributed by atoms with Crippen LogP contribution in [0.2, 0.25) is 0 Å². The number of anilines is 1. The maximum atomic E-state index is 5.45. The average Bonchev–Trinajstić information content (AvgIpc) is 2.45. The van der Waals surface area contributed by atoms with Crippen LogP contribution in [-0.2, 0) is 12.0 Å². The first-order valence-electron chi connectivity index (χ1n) is 7.07. The molecular weight excluding hydrogens is 326 g/mol. The van der Waals surface area contributed by atoms with Gasteiger partial charge in [-0.25, -0.2) is 0 Å². The van der Waals surface area contributed by atoms with Crippen LogP contribution in [0.3, 0.4) is 0 Å². The van der Waals surface area contributed by atoms with E-state index in [1.807, 2.05) is 6.07 Å². The molecule has 0 atom stereocenters. The van der Waals surface area contributed by atoms with Gasteiger partial charge in [0.25, 0.3) is 0 Å². The second kappa shape index (κ2) is 6.52. The quantitative estimate of drug-likeness (QED) is 0.802. The molecule has 2 nitrogen and oxygen atoms in total. The van der Waals surface area contributed by atoms with Crippen LogP contribution in [0, 0.1) is 0 Å². The zero-order valence-corrected chi connectivity index (χ0v) is 14.6. The molecule has 0 aliphatic rings. The van der Waals surface area contributed by atoms with Crippen LogP contribution in [-0.4, -0.2) is 7.11 Å². The predicted octanol–water partition coefficient (Wildman–Crippen LogP) is 5.37. The Kier molecular flexibility index (Phi) is 4.94. The number of ether oxygens (including phenoxy) is 1. The number of hydrogen-bond acceptors (Lipinski definition) is 2. The highest BCUT2D eigenvalue weighted by molar-refractivity contribution is 9.10. The molecule has 0 amide bonds. The summed E-state index contributed by atoms with van der Waals surface area (Å²) in [6.45, 7) is 7.42. The van der Waals surface area contributed by atoms with Gasteiger partial charge < -0.3 is 10.1 Å². The van der Waals surface area contributed by atoms with Crippen molar-refractivity contribution in [3.05, 3.63) is 58.1 Å². The molecule has 2 rings (SSSR count). The van der Waals surface area contributed by atoms with E-state index in [1.165, 1.54) is 11.1 Å². The number of benzene rings is 2. The second-order valence-corrected chi connectivity index (χ2v) is 7.06. The van der Waals surface area contributed by atoms with Gasteiger partial charge in [-0.1, -0.05) is 54.9 Å². The largest absolute Gasteiger partial charge is 0.495 e. The van der Waals surface area contributed by atoms with Gasteiger partial charge >= 0.3 is 0 Å². The molecule has 0 spiro atoms. The van der Waals surface area contributed by atoms with Crippen molar-refractivity contribution in [1.29, 1.82) is 0 Å². The smallest absolute Gasteiger partial charge is 0.141 e. The van der Waals surface area contributed by atoms with Crippen molar-refractivity contribution in [3.63, 3.8) is 0 Å². The van der Waals surface area contributed by atoms with E-state index in [2.05, 4.69) is 78.4 Å². The summed E-state index contributed by atoms with van der Waals surface area (Å²) in [4.78, 5) is 0. The standard InChI is InChI=1S/C18H22BrNO/c1-18(2,3)14-7-10-17(21-4)16(11-14)20-12-13-5-8-15(19)9-6-13/h5-11,20H,12H2,1-4H3. The van der Waals surface area contributed by atoms with Crippen LogP contribution in [0.15, 0.2) is 46.9 Å². The molecule has 0 aromatic heterocycles. The molecule has 0 bridgehead atoms. The minimum Gasteiger partial charge on any atom is -0.495 e. The minimum atomic E-state index is 0.125. The lowest BCUT2D eigenvalue weighted by Crippen LogP contribution is -2.12. The Bertz CT molecular complexity index is 600. The van der Waals surface area contributed by atoms with Crippen LogP contribution in [0.4, 0.5) is 5.69 Å². The van der Waals surface area contributed by atoms with Gasteiger partial charge in [0.1, 0.15) is 5.75 Å². The predicted molar refractivity (Wildman–Crippen MR) is 93.2 cm³/mol. The Morgan fingerprint density at radius 3 is 2.29 bits per heavy atom. The van der Waals surface area contributed by atoms with Crippen molar-refractivity contribution >= 4 is 21.6 Å². The first-order chi connectivity index (χ1) is 9.90. The summed E-state index contributed by atoms with van der Waals surface area (Å²) in [5.74, 6) is 0.875. The fourth-order valence-corrected chi connectivity index (χ4v) is 2.38. The fourth-order valence-electron chi connectivity index (χ4n) is 2.11. The van der Waals surface area contributed by atoms with Gasteiger partial charge in [0, 0.05) is 11.0 Å². The fraction of sp³-hybridized carbons (Fsp3) is 0.333. The third-order valence-electron chi connectivity index (χ3n) is 3.46. The van der Waals surface area contributed by atoms with Crippen LogP contribution >= 0.6 is 15.9 Å². The molecule has 2 aromatic carbocycles. The van der Waals surface area contributed by atoms with Crippen molar-refractivity contribution in [2.24, 2.45) is 0 Å². The molecule has 0 aliphatic heterocycles. The van der Waals surface area contributed by atoms with E-state index in [9.17, 15) is 0 Å². The van der Waals surface area contributed by atoms with Crippen molar-refractivity contribution in [1.82, 2.24) is 0 Å². The van der Waals surface area contributed by atoms with Gasteiger partial charge in [0.2, 0.25) is 0 Å². The van der Waals surface area contributed by atoms with Crippen LogP contribution in [0.1, 0.15) is 31.9 Å². The van der Waals surface area contributed by atoms with E-state index in [0.29, 0.717) is 0 Å². The lowest BCUT2D eigenvalue weighted by molar-refractivity contribution is 0.416. The topological polar surface area (TPSA) is 21.3 Å². The number of halogens is 1. The average molecular weight is 348 g/mol. The number of methoxy groups -OCH3 is 1. The lowest BCUT2D eigenvalue weighted by Gasteiger charge is -2.21. The van der Waals surface area contributed by atoms with E-state index in [-0.39, 0.29) is 5.41 Å². The summed E-state index contributed by atoms with van der Waals surface area (Å²) in [6, 6.07) is 14.7. The summed E-state index contributed by atoms with van der Waals surface area (Å²) in [6.07, 6.45) is 0. The Morgan fingerprint density at radius 1 is 1.05 bits per heavy atom. The SMILES string of the molecule is COc1ccc(C(C)(C)C)cc1NCc1ccc(Br)cc1. The monoisotopic (exact) mass is 347 g/mol. The van der Waals surface area contributed by atoms with Crippen molar-refractivity contribution in [2.75, 3.05) is 12.4 Å². The summed E-state index contributed by atoms with van der Waals surface area (Å²) >= 11 is 3.46. The summed E-state index contributed by atoms with van der Waals surface area (Å²) in [5, 5.41) is 3.47. The molecule has 0 aliphatic carbocycles. The third kappa shape index (κ3) is 4.24. The molecule has 0 fully saturated rings. The number of hydrogen-bond donors (Lipinski definition) is 1. The first kappa shape index (κ1) is 15.9. The van der Waals surface area contributed by atoms with E-state index in [4.69, 9.17) is 4.74 Å². The van der Waals surface area contributed by atoms with Crippen LogP contribution < -0.4 is 10.1 Å². The van der Waals surface area contributed by atoms with Crippen LogP contribution in [0.5, 0.6) is 5.75 Å². The maximum Gasteiger partial charge on any atom is 0.141 e. The highest BCUT2D eigenvalue weighted by atomic mass is 79.9. The Balaban J connectivity index is 2.19. The first-order valence-corrected chi connectivity index (χ1v) is 7.86. The molecule has 0 heterocycles. The van der Waals surface area contributed by atoms with Gasteiger partial charge in [0.15, 0.2) is 0 Å². The normalized spacial score (nSPS) is 11.3. The van der Waals surface area contributed by atoms with Gasteiger partial charge in [-0.05, 0) is 40.8 Å². The third-order valence-corrected chi connectivity index (χ3v) is 3.99. The maximum absolute atomic E-state index is 5.45. The molecule has 112 valence electrons. The Hall–Kier alpha value is -1.48. The lowest BCUT2D eigenvalue weighted by atomic mass is 9.87. The van der Waals surface area contributed by atoms with E-state index in [1.54, 1.807) is 7.11 Å². The molecule has 3 heteroatoms. The Morgan fingerprint density at radius 2 is 1.71 bits per heavy atom. The molecule has 0 saturated heterocycles. The minimum absolute atomic E-state index is 0.125. The number of nitrogens with one attached hydrogen (secondary N) is 1. The van der Waals surface area contributed by atoms with Crippen molar-refractivity contribution in [3.8, 4) is 5.75 Å². The summed E-state index contributed by atoms with van der Waals surface area (Å²) in [7, 11) is 1.71. The van der Waals surface area contributed by atoms with E-state index < -0.39 is 0 Å². The van der Waals surface area contributed by atoms with Gasteiger partial charge in [-0.2, -0.15) is 0 Å². The van der Waals surface area contributed by atoms with E-state index in [0.717, 1.165) is 22.5 Å². The molecule has 0 saturated carbocycles. The molecule has 0 radical (unpaired) electrons. The molecule has 21 heavy (non-hydrogen) atoms.